The van der Waals surface area contributed by atoms with Crippen molar-refractivity contribution in [2.75, 3.05) is 13.1 Å². The molecule has 0 unspecified atom stereocenters. The van der Waals surface area contributed by atoms with E-state index in [1.165, 1.54) is 31.3 Å². The highest BCUT2D eigenvalue weighted by Gasteiger charge is 2.48. The highest BCUT2D eigenvalue weighted by atomic mass is 16.3. The van der Waals surface area contributed by atoms with Crippen LogP contribution < -0.4 is 5.32 Å². The van der Waals surface area contributed by atoms with Gasteiger partial charge in [-0.2, -0.15) is 0 Å². The van der Waals surface area contributed by atoms with E-state index in [0.717, 1.165) is 62.1 Å². The second-order valence-corrected chi connectivity index (χ2v) is 9.25. The van der Waals surface area contributed by atoms with Gasteiger partial charge in [-0.3, -0.25) is 0 Å². The van der Waals surface area contributed by atoms with Crippen LogP contribution in [0.5, 0.6) is 0 Å². The van der Waals surface area contributed by atoms with Crippen molar-refractivity contribution in [3.8, 4) is 0 Å². The SMILES string of the molecule is CCCC1=C(C)[C@@H]2CC[C@H]1C[C@]2(O)CCNCCCCc1nc2ccccc2[nH]1. The summed E-state index contributed by atoms with van der Waals surface area (Å²) in [4.78, 5) is 8.06. The van der Waals surface area contributed by atoms with Gasteiger partial charge in [-0.25, -0.2) is 4.98 Å². The Balaban J connectivity index is 1.17. The van der Waals surface area contributed by atoms with Crippen LogP contribution in [0.25, 0.3) is 11.0 Å². The standard InChI is InChI=1S/C25H37N3O/c1-3-8-20-18(2)21-13-12-19(20)17-25(21,29)14-16-26-15-7-6-11-24-27-22-9-4-5-10-23(22)28-24/h4-5,9-10,19,21,26,29H,3,6-8,11-17H2,1-2H3,(H,27,28)/t19-,21-,25+/m0/s1. The number of benzene rings is 1. The lowest BCUT2D eigenvalue weighted by Crippen LogP contribution is -2.49. The molecule has 5 rings (SSSR count). The van der Waals surface area contributed by atoms with Crippen molar-refractivity contribution in [2.24, 2.45) is 11.8 Å². The molecule has 0 radical (unpaired) electrons. The summed E-state index contributed by atoms with van der Waals surface area (Å²) in [6, 6.07) is 8.22. The fraction of sp³-hybridized carbons (Fsp3) is 0.640. The van der Waals surface area contributed by atoms with Crippen LogP contribution in [0.4, 0.5) is 0 Å². The van der Waals surface area contributed by atoms with Crippen molar-refractivity contribution in [3.63, 3.8) is 0 Å². The highest BCUT2D eigenvalue weighted by Crippen LogP contribution is 2.52. The monoisotopic (exact) mass is 395 g/mol. The third-order valence-corrected chi connectivity index (χ3v) is 7.28. The lowest BCUT2D eigenvalue weighted by atomic mass is 9.58. The van der Waals surface area contributed by atoms with Crippen LogP contribution in [0.1, 0.15) is 71.0 Å². The lowest BCUT2D eigenvalue weighted by Gasteiger charge is -2.50. The maximum absolute atomic E-state index is 11.4. The number of para-hydroxylation sites is 2. The van der Waals surface area contributed by atoms with E-state index < -0.39 is 5.60 Å². The normalized spacial score (nSPS) is 26.6. The molecule has 3 N–H and O–H groups in total. The van der Waals surface area contributed by atoms with Gasteiger partial charge in [0.1, 0.15) is 5.82 Å². The Morgan fingerprint density at radius 3 is 2.83 bits per heavy atom. The zero-order valence-electron chi connectivity index (χ0n) is 18.1. The van der Waals surface area contributed by atoms with E-state index in [4.69, 9.17) is 0 Å². The summed E-state index contributed by atoms with van der Waals surface area (Å²) < 4.78 is 0. The zero-order chi connectivity index (χ0) is 20.3. The minimum Gasteiger partial charge on any atom is -0.389 e. The van der Waals surface area contributed by atoms with Gasteiger partial charge in [0.25, 0.3) is 0 Å². The number of nitrogens with one attached hydrogen (secondary N) is 2. The Bertz CT molecular complexity index is 822. The summed E-state index contributed by atoms with van der Waals surface area (Å²) >= 11 is 0. The molecule has 4 nitrogen and oxygen atoms in total. The molecular formula is C25H37N3O. The van der Waals surface area contributed by atoms with Gasteiger partial charge in [-0.15, -0.1) is 0 Å². The molecule has 1 aromatic carbocycles. The molecule has 1 heterocycles. The third-order valence-electron chi connectivity index (χ3n) is 7.28. The van der Waals surface area contributed by atoms with Crippen LogP contribution in [-0.2, 0) is 6.42 Å². The van der Waals surface area contributed by atoms with Gasteiger partial charge in [0.15, 0.2) is 0 Å². The van der Waals surface area contributed by atoms with Crippen molar-refractivity contribution in [1.82, 2.24) is 15.3 Å². The molecular weight excluding hydrogens is 358 g/mol. The third kappa shape index (κ3) is 4.44. The van der Waals surface area contributed by atoms with Crippen LogP contribution in [-0.4, -0.2) is 33.8 Å². The fourth-order valence-corrected chi connectivity index (χ4v) is 5.81. The smallest absolute Gasteiger partial charge is 0.107 e. The van der Waals surface area contributed by atoms with Gasteiger partial charge < -0.3 is 15.4 Å². The van der Waals surface area contributed by atoms with Crippen molar-refractivity contribution in [1.29, 1.82) is 0 Å². The number of H-pyrrole nitrogens is 1. The lowest BCUT2D eigenvalue weighted by molar-refractivity contribution is -0.0639. The maximum Gasteiger partial charge on any atom is 0.107 e. The van der Waals surface area contributed by atoms with E-state index in [1.807, 2.05) is 12.1 Å². The molecule has 0 saturated heterocycles. The summed E-state index contributed by atoms with van der Waals surface area (Å²) in [6.45, 7) is 6.49. The van der Waals surface area contributed by atoms with Crippen LogP contribution in [0.2, 0.25) is 0 Å². The maximum atomic E-state index is 11.4. The number of imidazole rings is 1. The van der Waals surface area contributed by atoms with Gasteiger partial charge in [0.05, 0.1) is 16.6 Å². The Morgan fingerprint density at radius 2 is 2.03 bits per heavy atom. The molecule has 3 aliphatic rings. The van der Waals surface area contributed by atoms with E-state index in [0.29, 0.717) is 11.8 Å². The molecule has 158 valence electrons. The number of rotatable bonds is 10. The van der Waals surface area contributed by atoms with E-state index in [9.17, 15) is 5.11 Å². The molecule has 29 heavy (non-hydrogen) atoms. The second-order valence-electron chi connectivity index (χ2n) is 9.25. The van der Waals surface area contributed by atoms with E-state index in [2.05, 4.69) is 41.3 Å². The fourth-order valence-electron chi connectivity index (χ4n) is 5.81. The number of unbranched alkanes of at least 4 members (excludes halogenated alkanes) is 1. The van der Waals surface area contributed by atoms with Crippen molar-refractivity contribution in [3.05, 3.63) is 41.2 Å². The number of hydrogen-bond donors (Lipinski definition) is 3. The summed E-state index contributed by atoms with van der Waals surface area (Å²) in [5, 5.41) is 14.9. The first-order valence-electron chi connectivity index (χ1n) is 11.7. The average molecular weight is 396 g/mol. The quantitative estimate of drug-likeness (QED) is 0.385. The predicted octanol–water partition coefficient (Wildman–Crippen LogP) is 5.14. The van der Waals surface area contributed by atoms with Crippen LogP contribution in [0, 0.1) is 11.8 Å². The van der Waals surface area contributed by atoms with Crippen LogP contribution >= 0.6 is 0 Å². The van der Waals surface area contributed by atoms with Crippen molar-refractivity contribution >= 4 is 11.0 Å². The number of aromatic amines is 1. The molecule has 4 heteroatoms. The first kappa shape index (κ1) is 20.6. The minimum atomic E-state index is -0.481. The summed E-state index contributed by atoms with van der Waals surface area (Å²) in [5.74, 6) is 2.11. The highest BCUT2D eigenvalue weighted by molar-refractivity contribution is 5.74. The summed E-state index contributed by atoms with van der Waals surface area (Å²) in [5.41, 5.74) is 4.89. The Morgan fingerprint density at radius 1 is 1.17 bits per heavy atom. The van der Waals surface area contributed by atoms with Gasteiger partial charge in [-0.1, -0.05) is 36.6 Å². The topological polar surface area (TPSA) is 60.9 Å². The number of nitrogens with zero attached hydrogens (tertiary/aromatic N) is 1. The first-order chi connectivity index (χ1) is 14.1. The van der Waals surface area contributed by atoms with E-state index in [1.54, 1.807) is 5.57 Å². The molecule has 3 aliphatic carbocycles. The van der Waals surface area contributed by atoms with Gasteiger partial charge in [0, 0.05) is 12.3 Å². The molecule has 1 aromatic heterocycles. The molecule has 3 atom stereocenters. The summed E-state index contributed by atoms with van der Waals surface area (Å²) in [7, 11) is 0. The molecule has 1 fully saturated rings. The molecule has 0 amide bonds. The Hall–Kier alpha value is -1.65. The largest absolute Gasteiger partial charge is 0.389 e. The molecule has 2 aromatic rings. The second kappa shape index (κ2) is 9.01. The molecule has 1 saturated carbocycles. The molecule has 0 spiro atoms. The number of allylic oxidation sites excluding steroid dienone is 1. The Kier molecular flexibility index (Phi) is 6.41. The number of hydrogen-bond acceptors (Lipinski definition) is 3. The average Bonchev–Trinajstić information content (AvgIpc) is 3.13. The minimum absolute atomic E-state index is 0.393. The number of aliphatic hydroxyl groups is 1. The molecule has 2 bridgehead atoms. The number of aromatic nitrogens is 2. The van der Waals surface area contributed by atoms with Crippen LogP contribution in [0.15, 0.2) is 35.4 Å². The van der Waals surface area contributed by atoms with E-state index in [-0.39, 0.29) is 0 Å². The van der Waals surface area contributed by atoms with Gasteiger partial charge >= 0.3 is 0 Å². The predicted molar refractivity (Wildman–Crippen MR) is 120 cm³/mol. The number of aryl methyl sites for hydroxylation is 1. The van der Waals surface area contributed by atoms with Crippen molar-refractivity contribution in [2.45, 2.75) is 77.2 Å². The molecule has 0 aliphatic heterocycles. The van der Waals surface area contributed by atoms with Crippen LogP contribution in [0.3, 0.4) is 0 Å². The van der Waals surface area contributed by atoms with Gasteiger partial charge in [-0.05, 0) is 83.0 Å². The van der Waals surface area contributed by atoms with Crippen molar-refractivity contribution < 1.29 is 5.11 Å². The summed E-state index contributed by atoms with van der Waals surface area (Å²) in [6.07, 6.45) is 10.1. The zero-order valence-corrected chi connectivity index (χ0v) is 18.1. The number of fused-ring (bicyclic) bond motifs is 3. The first-order valence-corrected chi connectivity index (χ1v) is 11.7. The van der Waals surface area contributed by atoms with E-state index >= 15 is 0 Å². The Labute approximate surface area is 175 Å². The van der Waals surface area contributed by atoms with Gasteiger partial charge in [0.2, 0.25) is 0 Å².